The number of rotatable bonds is 2. The summed E-state index contributed by atoms with van der Waals surface area (Å²) in [4.78, 5) is 14.1. The molecule has 2 N–H and O–H groups in total. The van der Waals surface area contributed by atoms with Gasteiger partial charge in [-0.3, -0.25) is 9.89 Å². The van der Waals surface area contributed by atoms with E-state index < -0.39 is 23.3 Å². The third-order valence-corrected chi connectivity index (χ3v) is 3.94. The fraction of sp³-hybridized carbons (Fsp3) is 0.333. The van der Waals surface area contributed by atoms with Gasteiger partial charge in [0, 0.05) is 12.7 Å². The molecule has 7 heteroatoms. The molecule has 0 aliphatic carbocycles. The number of carbonyl (C=O) groups excluding carboxylic acids is 1. The molecule has 1 aliphatic heterocycles. The highest BCUT2D eigenvalue weighted by Gasteiger charge is 2.31. The molecular formula is C15H15F2N3O2. The number of halogens is 2. The number of phenols is 1. The van der Waals surface area contributed by atoms with E-state index in [1.807, 2.05) is 0 Å². The van der Waals surface area contributed by atoms with E-state index in [0.717, 1.165) is 37.1 Å². The van der Waals surface area contributed by atoms with Crippen molar-refractivity contribution in [3.8, 4) is 5.75 Å². The smallest absolute Gasteiger partial charge is 0.257 e. The lowest BCUT2D eigenvalue weighted by atomic mass is 9.98. The van der Waals surface area contributed by atoms with Crippen LogP contribution < -0.4 is 0 Å². The Morgan fingerprint density at radius 3 is 2.86 bits per heavy atom. The number of piperidine rings is 1. The number of aromatic nitrogens is 2. The number of nitrogens with one attached hydrogen (secondary N) is 1. The Bertz CT molecular complexity index is 688. The molecule has 1 atom stereocenters. The molecule has 1 unspecified atom stereocenters. The van der Waals surface area contributed by atoms with Crippen molar-refractivity contribution in [1.82, 2.24) is 15.1 Å². The zero-order valence-electron chi connectivity index (χ0n) is 11.7. The molecule has 116 valence electrons. The fourth-order valence-electron chi connectivity index (χ4n) is 2.81. The second kappa shape index (κ2) is 5.75. The van der Waals surface area contributed by atoms with Crippen LogP contribution >= 0.6 is 0 Å². The van der Waals surface area contributed by atoms with Gasteiger partial charge < -0.3 is 10.0 Å². The van der Waals surface area contributed by atoms with E-state index in [-0.39, 0.29) is 11.6 Å². The van der Waals surface area contributed by atoms with Crippen LogP contribution in [0.2, 0.25) is 0 Å². The van der Waals surface area contributed by atoms with E-state index in [1.165, 1.54) is 4.90 Å². The van der Waals surface area contributed by atoms with Crippen LogP contribution in [0.3, 0.4) is 0 Å². The van der Waals surface area contributed by atoms with Crippen molar-refractivity contribution in [3.05, 3.63) is 47.3 Å². The summed E-state index contributed by atoms with van der Waals surface area (Å²) in [5.41, 5.74) is 0.449. The van der Waals surface area contributed by atoms with E-state index in [1.54, 1.807) is 12.3 Å². The standard InChI is InChI=1S/C15H15F2N3O2/c16-10-5-4-9(13(17)14(10)21)15(22)20-8-2-1-3-12(20)11-6-7-18-19-11/h4-7,12,21H,1-3,8H2,(H,18,19). The minimum atomic E-state index is -1.22. The second-order valence-corrected chi connectivity index (χ2v) is 5.28. The third kappa shape index (κ3) is 2.43. The summed E-state index contributed by atoms with van der Waals surface area (Å²) in [7, 11) is 0. The summed E-state index contributed by atoms with van der Waals surface area (Å²) in [6.07, 6.45) is 4.09. The zero-order chi connectivity index (χ0) is 15.7. The van der Waals surface area contributed by atoms with Crippen LogP contribution in [0.15, 0.2) is 24.4 Å². The summed E-state index contributed by atoms with van der Waals surface area (Å²) in [6, 6.07) is 3.50. The Hall–Kier alpha value is -2.44. The number of benzene rings is 1. The molecule has 0 spiro atoms. The summed E-state index contributed by atoms with van der Waals surface area (Å²) < 4.78 is 27.1. The van der Waals surface area contributed by atoms with Crippen LogP contribution in [0.25, 0.3) is 0 Å². The predicted molar refractivity (Wildman–Crippen MR) is 74.2 cm³/mol. The topological polar surface area (TPSA) is 69.2 Å². The minimum Gasteiger partial charge on any atom is -0.503 e. The molecule has 1 aromatic heterocycles. The first-order chi connectivity index (χ1) is 10.6. The molecular weight excluding hydrogens is 292 g/mol. The SMILES string of the molecule is O=C(c1ccc(F)c(O)c1F)N1CCCCC1c1ccn[nH]1. The van der Waals surface area contributed by atoms with Crippen LogP contribution in [0.1, 0.15) is 41.4 Å². The lowest BCUT2D eigenvalue weighted by Crippen LogP contribution is -2.39. The molecule has 0 bridgehead atoms. The lowest BCUT2D eigenvalue weighted by Gasteiger charge is -2.35. The van der Waals surface area contributed by atoms with Crippen molar-refractivity contribution in [1.29, 1.82) is 0 Å². The maximum Gasteiger partial charge on any atom is 0.257 e. The van der Waals surface area contributed by atoms with Gasteiger partial charge in [0.1, 0.15) is 0 Å². The predicted octanol–water partition coefficient (Wildman–Crippen LogP) is 2.76. The number of phenolic OH excluding ortho intramolecular Hbond substituents is 1. The molecule has 3 rings (SSSR count). The van der Waals surface area contributed by atoms with Gasteiger partial charge in [0.15, 0.2) is 17.4 Å². The molecule has 0 radical (unpaired) electrons. The molecule has 1 amide bonds. The Morgan fingerprint density at radius 2 is 2.14 bits per heavy atom. The van der Waals surface area contributed by atoms with Crippen molar-refractivity contribution in [3.63, 3.8) is 0 Å². The molecule has 1 saturated heterocycles. The summed E-state index contributed by atoms with van der Waals surface area (Å²) in [6.45, 7) is 0.472. The number of hydrogen-bond donors (Lipinski definition) is 2. The van der Waals surface area contributed by atoms with E-state index in [0.29, 0.717) is 6.54 Å². The Balaban J connectivity index is 1.94. The maximum absolute atomic E-state index is 14.0. The van der Waals surface area contributed by atoms with Crippen LogP contribution in [-0.2, 0) is 0 Å². The number of carbonyl (C=O) groups is 1. The normalized spacial score (nSPS) is 18.5. The van der Waals surface area contributed by atoms with Gasteiger partial charge in [-0.05, 0) is 37.5 Å². The van der Waals surface area contributed by atoms with E-state index in [2.05, 4.69) is 10.2 Å². The average molecular weight is 307 g/mol. The van der Waals surface area contributed by atoms with Gasteiger partial charge in [-0.2, -0.15) is 5.10 Å². The van der Waals surface area contributed by atoms with Crippen LogP contribution in [-0.4, -0.2) is 32.7 Å². The molecule has 0 saturated carbocycles. The Kier molecular flexibility index (Phi) is 3.79. The molecule has 22 heavy (non-hydrogen) atoms. The van der Waals surface area contributed by atoms with Gasteiger partial charge in [0.05, 0.1) is 17.3 Å². The monoisotopic (exact) mass is 307 g/mol. The van der Waals surface area contributed by atoms with Gasteiger partial charge in [-0.1, -0.05) is 0 Å². The highest BCUT2D eigenvalue weighted by atomic mass is 19.1. The number of H-pyrrole nitrogens is 1. The largest absolute Gasteiger partial charge is 0.503 e. The van der Waals surface area contributed by atoms with Crippen LogP contribution in [0, 0.1) is 11.6 Å². The first kappa shape index (κ1) is 14.5. The van der Waals surface area contributed by atoms with Crippen molar-refractivity contribution in [2.75, 3.05) is 6.54 Å². The first-order valence-electron chi connectivity index (χ1n) is 7.07. The first-order valence-corrected chi connectivity index (χ1v) is 7.07. The Morgan fingerprint density at radius 1 is 1.32 bits per heavy atom. The summed E-state index contributed by atoms with van der Waals surface area (Å²) >= 11 is 0. The molecule has 5 nitrogen and oxygen atoms in total. The summed E-state index contributed by atoms with van der Waals surface area (Å²) in [5, 5.41) is 16.1. The third-order valence-electron chi connectivity index (χ3n) is 3.94. The molecule has 1 aliphatic rings. The minimum absolute atomic E-state index is 0.227. The number of aromatic amines is 1. The highest BCUT2D eigenvalue weighted by molar-refractivity contribution is 5.95. The van der Waals surface area contributed by atoms with Gasteiger partial charge >= 0.3 is 0 Å². The van der Waals surface area contributed by atoms with E-state index in [4.69, 9.17) is 0 Å². The molecule has 1 fully saturated rings. The number of likely N-dealkylation sites (tertiary alicyclic amines) is 1. The van der Waals surface area contributed by atoms with Gasteiger partial charge in [0.2, 0.25) is 0 Å². The summed E-state index contributed by atoms with van der Waals surface area (Å²) in [5.74, 6) is -4.00. The zero-order valence-corrected chi connectivity index (χ0v) is 11.7. The Labute approximate surface area is 125 Å². The maximum atomic E-state index is 14.0. The van der Waals surface area contributed by atoms with Gasteiger partial charge in [-0.25, -0.2) is 8.78 Å². The number of hydrogen-bond acceptors (Lipinski definition) is 3. The van der Waals surface area contributed by atoms with Crippen LogP contribution in [0.5, 0.6) is 5.75 Å². The molecule has 2 aromatic rings. The lowest BCUT2D eigenvalue weighted by molar-refractivity contribution is 0.0600. The molecule has 2 heterocycles. The van der Waals surface area contributed by atoms with Gasteiger partial charge in [-0.15, -0.1) is 0 Å². The van der Waals surface area contributed by atoms with Crippen molar-refractivity contribution in [2.24, 2.45) is 0 Å². The van der Waals surface area contributed by atoms with Crippen molar-refractivity contribution >= 4 is 5.91 Å². The van der Waals surface area contributed by atoms with Gasteiger partial charge in [0.25, 0.3) is 5.91 Å². The number of nitrogens with zero attached hydrogens (tertiary/aromatic N) is 2. The van der Waals surface area contributed by atoms with E-state index >= 15 is 0 Å². The highest BCUT2D eigenvalue weighted by Crippen LogP contribution is 2.32. The van der Waals surface area contributed by atoms with E-state index in [9.17, 15) is 18.7 Å². The second-order valence-electron chi connectivity index (χ2n) is 5.28. The number of amides is 1. The molecule has 1 aromatic carbocycles. The fourth-order valence-corrected chi connectivity index (χ4v) is 2.81. The van der Waals surface area contributed by atoms with Crippen LogP contribution in [0.4, 0.5) is 8.78 Å². The number of aromatic hydroxyl groups is 1. The quantitative estimate of drug-likeness (QED) is 0.896. The average Bonchev–Trinajstić information content (AvgIpc) is 3.06. The van der Waals surface area contributed by atoms with Crippen molar-refractivity contribution < 1.29 is 18.7 Å². The van der Waals surface area contributed by atoms with Crippen molar-refractivity contribution in [2.45, 2.75) is 25.3 Å².